The summed E-state index contributed by atoms with van der Waals surface area (Å²) >= 11 is 3.49. The van der Waals surface area contributed by atoms with Crippen molar-refractivity contribution >= 4 is 22.7 Å². The average Bonchev–Trinajstić information content (AvgIpc) is 3.34. The van der Waals surface area contributed by atoms with Gasteiger partial charge in [0.05, 0.1) is 6.61 Å². The van der Waals surface area contributed by atoms with Crippen molar-refractivity contribution in [2.24, 2.45) is 0 Å². The molecule has 4 aromatic rings. The molecular weight excluding hydrogens is 490 g/mol. The van der Waals surface area contributed by atoms with E-state index in [-0.39, 0.29) is 36.5 Å². The van der Waals surface area contributed by atoms with Crippen molar-refractivity contribution in [3.8, 4) is 37.1 Å². The quantitative estimate of drug-likeness (QED) is 0.294. The van der Waals surface area contributed by atoms with E-state index in [4.69, 9.17) is 4.74 Å². The molecule has 132 valence electrons. The first-order valence-electron chi connectivity index (χ1n) is 8.23. The van der Waals surface area contributed by atoms with Crippen LogP contribution >= 0.6 is 22.7 Å². The van der Waals surface area contributed by atoms with E-state index in [1.165, 1.54) is 31.3 Å². The first-order valence-corrected chi connectivity index (χ1v) is 9.86. The number of hydrogen-bond donors (Lipinski definition) is 0. The van der Waals surface area contributed by atoms with Crippen molar-refractivity contribution in [2.45, 2.75) is 6.92 Å². The van der Waals surface area contributed by atoms with Gasteiger partial charge in [-0.25, -0.2) is 0 Å². The zero-order valence-electron chi connectivity index (χ0n) is 14.9. The Hall–Kier alpha value is -1.26. The van der Waals surface area contributed by atoms with Gasteiger partial charge in [0.1, 0.15) is 5.75 Å². The van der Waals surface area contributed by atoms with Crippen molar-refractivity contribution < 1.29 is 41.2 Å². The number of thiophene rings is 2. The van der Waals surface area contributed by atoms with Gasteiger partial charge in [-0.05, 0) is 46.7 Å². The topological polar surface area (TPSA) is 9.23 Å². The van der Waals surface area contributed by atoms with Crippen LogP contribution in [0.2, 0.25) is 0 Å². The van der Waals surface area contributed by atoms with Gasteiger partial charge in [-0.2, -0.15) is 12.1 Å². The molecule has 0 aliphatic carbocycles. The van der Waals surface area contributed by atoms with Crippen LogP contribution in [0.15, 0.2) is 72.8 Å². The average molecular weight is 507 g/mol. The second-order valence-electron chi connectivity index (χ2n) is 5.62. The molecule has 4 rings (SSSR count). The molecule has 0 bridgehead atoms. The number of ether oxygens (including phenoxy) is 1. The van der Waals surface area contributed by atoms with Gasteiger partial charge in [-0.3, -0.25) is 11.3 Å². The third-order valence-electron chi connectivity index (χ3n) is 3.99. The molecule has 0 atom stereocenters. The van der Waals surface area contributed by atoms with E-state index in [0.717, 1.165) is 5.75 Å². The molecule has 0 radical (unpaired) electrons. The zero-order valence-corrected chi connectivity index (χ0v) is 21.1. The van der Waals surface area contributed by atoms with Crippen LogP contribution in [-0.2, 0) is 19.5 Å². The van der Waals surface area contributed by atoms with Crippen molar-refractivity contribution in [3.05, 3.63) is 78.2 Å². The Balaban J connectivity index is 0.00000131. The Bertz CT molecular complexity index is 945. The zero-order chi connectivity index (χ0) is 17.1. The van der Waals surface area contributed by atoms with E-state index in [0.29, 0.717) is 6.61 Å². The number of halogens is 1. The Morgan fingerprint density at radius 1 is 0.741 bits per heavy atom. The van der Waals surface area contributed by atoms with Crippen LogP contribution in [0.1, 0.15) is 6.92 Å². The summed E-state index contributed by atoms with van der Waals surface area (Å²) in [5.74, 6) is 0.916. The first-order chi connectivity index (χ1) is 12.3. The van der Waals surface area contributed by atoms with Crippen LogP contribution in [-0.4, -0.2) is 6.61 Å². The van der Waals surface area contributed by atoms with E-state index in [1.807, 2.05) is 36.5 Å². The van der Waals surface area contributed by atoms with E-state index >= 15 is 0 Å². The molecule has 2 heterocycles. The van der Waals surface area contributed by atoms with Crippen LogP contribution in [0.4, 0.5) is 0 Å². The maximum absolute atomic E-state index is 5.51. The molecule has 0 amide bonds. The van der Waals surface area contributed by atoms with Gasteiger partial charge in [-0.15, -0.1) is 21.6 Å². The summed E-state index contributed by atoms with van der Waals surface area (Å²) in [7, 11) is 0. The van der Waals surface area contributed by atoms with Crippen LogP contribution in [0, 0.1) is 5.38 Å². The predicted molar refractivity (Wildman–Crippen MR) is 109 cm³/mol. The monoisotopic (exact) mass is 504 g/mol. The van der Waals surface area contributed by atoms with E-state index < -0.39 is 0 Å². The van der Waals surface area contributed by atoms with E-state index in [9.17, 15) is 0 Å². The van der Waals surface area contributed by atoms with Crippen LogP contribution < -0.4 is 21.7 Å². The maximum Gasteiger partial charge on any atom is 2.00 e. The molecule has 0 unspecified atom stereocenters. The summed E-state index contributed by atoms with van der Waals surface area (Å²) in [5, 5.41) is 3.15. The van der Waals surface area contributed by atoms with Gasteiger partial charge >= 0.3 is 19.5 Å². The Labute approximate surface area is 191 Å². The Morgan fingerprint density at radius 3 is 1.93 bits per heavy atom. The molecule has 2 aromatic heterocycles. The molecule has 27 heavy (non-hydrogen) atoms. The second kappa shape index (κ2) is 10.3. The second-order valence-corrected chi connectivity index (χ2v) is 7.58. The molecule has 0 aliphatic rings. The molecule has 0 aliphatic heterocycles. The van der Waals surface area contributed by atoms with Gasteiger partial charge in [0.2, 0.25) is 0 Å². The number of benzene rings is 2. The summed E-state index contributed by atoms with van der Waals surface area (Å²) < 4.78 is 5.51. The fraction of sp³-hybridized carbons (Fsp3) is 0.0909. The van der Waals surface area contributed by atoms with Crippen LogP contribution in [0.5, 0.6) is 5.75 Å². The van der Waals surface area contributed by atoms with Gasteiger partial charge in [0.15, 0.2) is 0 Å². The molecule has 0 fully saturated rings. The fourth-order valence-electron chi connectivity index (χ4n) is 2.74. The SMILES string of the molecule is CCOc1ccc(-c2ccc(-c3ccc(-c4cc[c-]s4)s3)cc2)cc1.[Br-].[Zn+2]. The molecule has 0 saturated carbocycles. The standard InChI is InChI=1S/C22H17OS2.BrH.Zn/c1-2-23-19-11-9-17(10-12-19)16-5-7-18(8-6-16)20-13-14-22(25-20)21-4-3-15-24-21;;/h3-14H,2H2,1H3;1H;/q-1;;+2/p-1. The van der Waals surface area contributed by atoms with Crippen molar-refractivity contribution in [1.29, 1.82) is 0 Å². The molecule has 0 N–H and O–H groups in total. The summed E-state index contributed by atoms with van der Waals surface area (Å²) in [6.45, 7) is 2.69. The van der Waals surface area contributed by atoms with Crippen LogP contribution in [0.3, 0.4) is 0 Å². The van der Waals surface area contributed by atoms with E-state index in [2.05, 4.69) is 60.0 Å². The number of hydrogen-bond acceptors (Lipinski definition) is 3. The van der Waals surface area contributed by atoms with Crippen molar-refractivity contribution in [1.82, 2.24) is 0 Å². The van der Waals surface area contributed by atoms with E-state index in [1.54, 1.807) is 11.3 Å². The van der Waals surface area contributed by atoms with Crippen molar-refractivity contribution in [2.75, 3.05) is 6.61 Å². The summed E-state index contributed by atoms with van der Waals surface area (Å²) in [6.07, 6.45) is 0. The third-order valence-corrected chi connectivity index (χ3v) is 6.12. The Kier molecular flexibility index (Phi) is 8.43. The minimum Gasteiger partial charge on any atom is -1.00 e. The molecule has 5 heteroatoms. The number of rotatable bonds is 5. The van der Waals surface area contributed by atoms with Gasteiger partial charge in [-0.1, -0.05) is 42.5 Å². The van der Waals surface area contributed by atoms with Crippen LogP contribution in [0.25, 0.3) is 31.3 Å². The smallest absolute Gasteiger partial charge is 1.00 e. The van der Waals surface area contributed by atoms with Gasteiger partial charge in [0.25, 0.3) is 0 Å². The molecule has 1 nitrogen and oxygen atoms in total. The first kappa shape index (κ1) is 22.0. The summed E-state index contributed by atoms with van der Waals surface area (Å²) in [5.41, 5.74) is 3.68. The molecular formula is C22H17BrOS2Zn. The Morgan fingerprint density at radius 2 is 1.33 bits per heavy atom. The van der Waals surface area contributed by atoms with Crippen molar-refractivity contribution in [3.63, 3.8) is 0 Å². The normalized spacial score (nSPS) is 9.96. The van der Waals surface area contributed by atoms with Gasteiger partial charge in [0, 0.05) is 4.88 Å². The third kappa shape index (κ3) is 5.17. The summed E-state index contributed by atoms with van der Waals surface area (Å²) in [4.78, 5) is 3.88. The minimum atomic E-state index is 0. The molecule has 0 saturated heterocycles. The minimum absolute atomic E-state index is 0. The largest absolute Gasteiger partial charge is 2.00 e. The maximum atomic E-state index is 5.51. The summed E-state index contributed by atoms with van der Waals surface area (Å²) in [6, 6.07) is 25.5. The molecule has 2 aromatic carbocycles. The van der Waals surface area contributed by atoms with Gasteiger partial charge < -0.3 is 21.7 Å². The fourth-order valence-corrected chi connectivity index (χ4v) is 4.49. The predicted octanol–water partition coefficient (Wildman–Crippen LogP) is 4.01. The molecule has 0 spiro atoms.